The molecule has 1 N–H and O–H groups in total. The van der Waals surface area contributed by atoms with Gasteiger partial charge in [0, 0.05) is 44.9 Å². The first-order valence-corrected chi connectivity index (χ1v) is 8.31. The Kier molecular flexibility index (Phi) is 4.94. The number of ketones is 1. The van der Waals surface area contributed by atoms with Crippen molar-refractivity contribution in [1.82, 2.24) is 10.2 Å². The summed E-state index contributed by atoms with van der Waals surface area (Å²) in [6.07, 6.45) is 1.81. The molecule has 3 rings (SSSR count). The van der Waals surface area contributed by atoms with E-state index in [1.165, 1.54) is 0 Å². The number of carbonyl (C=O) groups is 2. The number of hydrogen-bond acceptors (Lipinski definition) is 6. The third-order valence-corrected chi connectivity index (χ3v) is 4.16. The minimum atomic E-state index is -0.381. The SMILES string of the molecule is CNCC1CN(c2ccc3c(c2)OCC/C(=C\N(C)C)C3=O)C(=O)O1. The Bertz CT molecular complexity index is 714. The topological polar surface area (TPSA) is 71.1 Å². The smallest absolute Gasteiger partial charge is 0.414 e. The van der Waals surface area contributed by atoms with E-state index in [9.17, 15) is 9.59 Å². The van der Waals surface area contributed by atoms with Crippen LogP contribution < -0.4 is 15.0 Å². The summed E-state index contributed by atoms with van der Waals surface area (Å²) in [6, 6.07) is 5.23. The molecule has 0 spiro atoms. The molecular weight excluding hydrogens is 322 g/mol. The molecule has 1 unspecified atom stereocenters. The van der Waals surface area contributed by atoms with Crippen molar-refractivity contribution in [2.75, 3.05) is 45.7 Å². The third kappa shape index (κ3) is 3.61. The fourth-order valence-electron chi connectivity index (χ4n) is 3.04. The Morgan fingerprint density at radius 1 is 1.36 bits per heavy atom. The van der Waals surface area contributed by atoms with Crippen LogP contribution in [0.2, 0.25) is 0 Å². The van der Waals surface area contributed by atoms with Gasteiger partial charge in [-0.25, -0.2) is 4.79 Å². The van der Waals surface area contributed by atoms with Crippen molar-refractivity contribution in [1.29, 1.82) is 0 Å². The fraction of sp³-hybridized carbons (Fsp3) is 0.444. The van der Waals surface area contributed by atoms with E-state index < -0.39 is 0 Å². The Labute approximate surface area is 147 Å². The summed E-state index contributed by atoms with van der Waals surface area (Å²) in [5, 5.41) is 3.00. The van der Waals surface area contributed by atoms with Crippen LogP contribution in [-0.2, 0) is 4.74 Å². The van der Waals surface area contributed by atoms with E-state index in [1.807, 2.05) is 32.2 Å². The molecule has 7 nitrogen and oxygen atoms in total. The van der Waals surface area contributed by atoms with Crippen molar-refractivity contribution >= 4 is 17.6 Å². The zero-order chi connectivity index (χ0) is 18.0. The summed E-state index contributed by atoms with van der Waals surface area (Å²) in [5.41, 5.74) is 1.91. The summed E-state index contributed by atoms with van der Waals surface area (Å²) in [6.45, 7) is 1.49. The minimum Gasteiger partial charge on any atom is -0.492 e. The number of cyclic esters (lactones) is 1. The molecule has 1 fully saturated rings. The molecule has 2 aliphatic heterocycles. The number of amides is 1. The van der Waals surface area contributed by atoms with E-state index in [0.29, 0.717) is 48.7 Å². The van der Waals surface area contributed by atoms with Gasteiger partial charge in [-0.1, -0.05) is 0 Å². The first kappa shape index (κ1) is 17.3. The minimum absolute atomic E-state index is 0.0372. The van der Waals surface area contributed by atoms with Gasteiger partial charge in [0.05, 0.1) is 24.4 Å². The number of likely N-dealkylation sites (N-methyl/N-ethyl adjacent to an activating group) is 1. The molecule has 0 saturated carbocycles. The molecule has 0 radical (unpaired) electrons. The van der Waals surface area contributed by atoms with Crippen molar-refractivity contribution in [3.8, 4) is 5.75 Å². The highest BCUT2D eigenvalue weighted by molar-refractivity contribution is 6.11. The molecule has 25 heavy (non-hydrogen) atoms. The molecule has 1 saturated heterocycles. The molecule has 134 valence electrons. The van der Waals surface area contributed by atoms with Crippen molar-refractivity contribution < 1.29 is 19.1 Å². The van der Waals surface area contributed by atoms with Gasteiger partial charge in [-0.15, -0.1) is 0 Å². The van der Waals surface area contributed by atoms with Crippen LogP contribution in [0.5, 0.6) is 5.75 Å². The van der Waals surface area contributed by atoms with Gasteiger partial charge in [0.25, 0.3) is 0 Å². The second-order valence-corrected chi connectivity index (χ2v) is 6.40. The number of benzene rings is 1. The quantitative estimate of drug-likeness (QED) is 0.837. The number of carbonyl (C=O) groups excluding carboxylic acids is 2. The second kappa shape index (κ2) is 7.14. The number of rotatable bonds is 4. The van der Waals surface area contributed by atoms with Gasteiger partial charge in [0.1, 0.15) is 11.9 Å². The average molecular weight is 345 g/mol. The standard InChI is InChI=1S/C18H23N3O4/c1-19-9-14-11-21(18(23)25-14)13-4-5-15-16(8-13)24-7-6-12(17(15)22)10-20(2)3/h4-5,8,10,14,19H,6-7,9,11H2,1-3H3/b12-10+. The van der Waals surface area contributed by atoms with Gasteiger partial charge < -0.3 is 19.7 Å². The largest absolute Gasteiger partial charge is 0.492 e. The normalized spacial score (nSPS) is 21.6. The Morgan fingerprint density at radius 3 is 2.88 bits per heavy atom. The van der Waals surface area contributed by atoms with E-state index >= 15 is 0 Å². The number of nitrogens with one attached hydrogen (secondary N) is 1. The first-order chi connectivity index (χ1) is 12.0. The number of fused-ring (bicyclic) bond motifs is 1. The van der Waals surface area contributed by atoms with Crippen molar-refractivity contribution in [3.63, 3.8) is 0 Å². The maximum atomic E-state index is 12.7. The molecule has 1 aromatic rings. The van der Waals surface area contributed by atoms with E-state index in [4.69, 9.17) is 9.47 Å². The number of ether oxygens (including phenoxy) is 2. The summed E-state index contributed by atoms with van der Waals surface area (Å²) in [7, 11) is 5.59. The molecule has 2 heterocycles. The van der Waals surface area contributed by atoms with Gasteiger partial charge in [0.2, 0.25) is 0 Å². The Morgan fingerprint density at radius 2 is 2.16 bits per heavy atom. The Balaban J connectivity index is 1.87. The highest BCUT2D eigenvalue weighted by Gasteiger charge is 2.33. The van der Waals surface area contributed by atoms with Crippen LogP contribution in [0, 0.1) is 0 Å². The summed E-state index contributed by atoms with van der Waals surface area (Å²) >= 11 is 0. The van der Waals surface area contributed by atoms with Gasteiger partial charge >= 0.3 is 6.09 Å². The van der Waals surface area contributed by atoms with Crippen molar-refractivity contribution in [2.45, 2.75) is 12.5 Å². The molecule has 1 aromatic carbocycles. The molecule has 0 aromatic heterocycles. The lowest BCUT2D eigenvalue weighted by Crippen LogP contribution is -2.29. The van der Waals surface area contributed by atoms with E-state index in [0.717, 1.165) is 0 Å². The number of Topliss-reactive ketones (excluding diaryl/α,β-unsaturated/α-hetero) is 1. The van der Waals surface area contributed by atoms with Gasteiger partial charge in [-0.2, -0.15) is 0 Å². The molecule has 0 bridgehead atoms. The maximum absolute atomic E-state index is 12.7. The van der Waals surface area contributed by atoms with Crippen molar-refractivity contribution in [2.24, 2.45) is 0 Å². The monoisotopic (exact) mass is 345 g/mol. The predicted molar refractivity (Wildman–Crippen MR) is 94.2 cm³/mol. The molecular formula is C18H23N3O4. The zero-order valence-corrected chi connectivity index (χ0v) is 14.7. The van der Waals surface area contributed by atoms with E-state index in [2.05, 4.69) is 5.32 Å². The lowest BCUT2D eigenvalue weighted by atomic mass is 10.0. The van der Waals surface area contributed by atoms with E-state index in [-0.39, 0.29) is 18.0 Å². The Hall–Kier alpha value is -2.54. The molecule has 7 heteroatoms. The van der Waals surface area contributed by atoms with E-state index in [1.54, 1.807) is 23.1 Å². The number of anilines is 1. The average Bonchev–Trinajstić information content (AvgIpc) is 2.86. The third-order valence-electron chi connectivity index (χ3n) is 4.16. The van der Waals surface area contributed by atoms with Crippen LogP contribution in [-0.4, -0.2) is 63.7 Å². The number of nitrogens with zero attached hydrogens (tertiary/aromatic N) is 2. The van der Waals surface area contributed by atoms with Crippen LogP contribution in [0.1, 0.15) is 16.8 Å². The van der Waals surface area contributed by atoms with Crippen LogP contribution in [0.3, 0.4) is 0 Å². The first-order valence-electron chi connectivity index (χ1n) is 8.31. The fourth-order valence-corrected chi connectivity index (χ4v) is 3.04. The molecule has 2 aliphatic rings. The molecule has 1 atom stereocenters. The lowest BCUT2D eigenvalue weighted by Gasteiger charge is -2.15. The predicted octanol–water partition coefficient (Wildman–Crippen LogP) is 1.64. The lowest BCUT2D eigenvalue weighted by molar-refractivity contribution is 0.103. The second-order valence-electron chi connectivity index (χ2n) is 6.40. The highest BCUT2D eigenvalue weighted by atomic mass is 16.6. The summed E-state index contributed by atoms with van der Waals surface area (Å²) < 4.78 is 11.1. The summed E-state index contributed by atoms with van der Waals surface area (Å²) in [4.78, 5) is 28.2. The van der Waals surface area contributed by atoms with Crippen molar-refractivity contribution in [3.05, 3.63) is 35.5 Å². The van der Waals surface area contributed by atoms with Crippen LogP contribution in [0.25, 0.3) is 0 Å². The van der Waals surface area contributed by atoms with Crippen LogP contribution in [0.15, 0.2) is 30.0 Å². The van der Waals surface area contributed by atoms with Crippen LogP contribution >= 0.6 is 0 Å². The number of hydrogen-bond donors (Lipinski definition) is 1. The zero-order valence-electron chi connectivity index (χ0n) is 14.7. The molecule has 1 amide bonds. The maximum Gasteiger partial charge on any atom is 0.414 e. The molecule has 0 aliphatic carbocycles. The summed E-state index contributed by atoms with van der Waals surface area (Å²) in [5.74, 6) is 0.472. The van der Waals surface area contributed by atoms with Gasteiger partial charge in [-0.05, 0) is 19.2 Å². The van der Waals surface area contributed by atoms with Crippen LogP contribution in [0.4, 0.5) is 10.5 Å². The van der Waals surface area contributed by atoms with Gasteiger partial charge in [0.15, 0.2) is 5.78 Å². The van der Waals surface area contributed by atoms with Gasteiger partial charge in [-0.3, -0.25) is 9.69 Å². The highest BCUT2D eigenvalue weighted by Crippen LogP contribution is 2.32.